The zero-order valence-corrected chi connectivity index (χ0v) is 15.3. The first-order valence-corrected chi connectivity index (χ1v) is 8.29. The number of halogens is 3. The molecule has 0 aliphatic rings. The van der Waals surface area contributed by atoms with Crippen molar-refractivity contribution in [3.05, 3.63) is 70.7 Å². The monoisotopic (exact) mass is 418 g/mol. The summed E-state index contributed by atoms with van der Waals surface area (Å²) in [6.07, 6.45) is -1.66. The average Bonchev–Trinajstić information content (AvgIpc) is 3.22. The predicted molar refractivity (Wildman–Crippen MR) is 104 cm³/mol. The van der Waals surface area contributed by atoms with Crippen LogP contribution in [0.4, 0.5) is 24.5 Å². The molecule has 1 aromatic carbocycles. The summed E-state index contributed by atoms with van der Waals surface area (Å²) >= 11 is 0. The summed E-state index contributed by atoms with van der Waals surface area (Å²) in [7, 11) is 0. The fourth-order valence-corrected chi connectivity index (χ4v) is 2.80. The molecule has 156 valence electrons. The first kappa shape index (κ1) is 20.5. The smallest absolute Gasteiger partial charge is 0.418 e. The minimum absolute atomic E-state index is 0. The standard InChI is InChI=1S/C19H13F3N6O2.2H2/c1-9-15(19(20,21)22)10(5-23)6-27-17(9)18(29)28-11-2-3-13(24)12(4-11)16(25)14-7-26-8-30-14;;/h2-4,6-8,25H,24H2,1H3,(H,28,29);2*1H. The fraction of sp³-hybridized carbons (Fsp3) is 0.105. The Morgan fingerprint density at radius 2 is 2.10 bits per heavy atom. The lowest BCUT2D eigenvalue weighted by Gasteiger charge is -2.15. The van der Waals surface area contributed by atoms with E-state index < -0.39 is 34.5 Å². The average molecular weight is 418 g/mol. The highest BCUT2D eigenvalue weighted by atomic mass is 19.4. The molecule has 0 aliphatic carbocycles. The predicted octanol–water partition coefficient (Wildman–Crippen LogP) is 4.01. The SMILES string of the molecule is Cc1c(C(=O)Nc2ccc(N)c(C(=N)c3cnco3)c2)ncc(C#N)c1C(F)(F)F.[HH].[HH]. The van der Waals surface area contributed by atoms with Crippen LogP contribution in [-0.2, 0) is 6.18 Å². The van der Waals surface area contributed by atoms with Gasteiger partial charge in [-0.15, -0.1) is 0 Å². The Balaban J connectivity index is 0.00000256. The molecule has 0 spiro atoms. The minimum atomic E-state index is -4.83. The maximum atomic E-state index is 13.3. The van der Waals surface area contributed by atoms with Crippen molar-refractivity contribution in [3.8, 4) is 6.07 Å². The summed E-state index contributed by atoms with van der Waals surface area (Å²) in [6, 6.07) is 5.66. The number of nitrogens with one attached hydrogen (secondary N) is 2. The Hall–Kier alpha value is -4.20. The number of pyridine rings is 1. The number of aromatic nitrogens is 2. The van der Waals surface area contributed by atoms with Crippen LogP contribution in [0, 0.1) is 23.7 Å². The third-order valence-electron chi connectivity index (χ3n) is 4.20. The maximum Gasteiger partial charge on any atom is 0.418 e. The lowest BCUT2D eigenvalue weighted by atomic mass is 10.0. The zero-order chi connectivity index (χ0) is 22.1. The Morgan fingerprint density at radius 3 is 2.70 bits per heavy atom. The van der Waals surface area contributed by atoms with Crippen LogP contribution in [-0.4, -0.2) is 21.6 Å². The largest absolute Gasteiger partial charge is 0.442 e. The molecule has 0 radical (unpaired) electrons. The van der Waals surface area contributed by atoms with Crippen LogP contribution >= 0.6 is 0 Å². The van der Waals surface area contributed by atoms with Gasteiger partial charge in [0.1, 0.15) is 17.5 Å². The number of amides is 1. The third kappa shape index (κ3) is 3.83. The van der Waals surface area contributed by atoms with Gasteiger partial charge in [-0.2, -0.15) is 18.4 Å². The topological polar surface area (TPSA) is 142 Å². The van der Waals surface area contributed by atoms with Gasteiger partial charge in [-0.1, -0.05) is 0 Å². The van der Waals surface area contributed by atoms with E-state index in [1.165, 1.54) is 30.5 Å². The molecule has 0 saturated carbocycles. The molecule has 2 heterocycles. The molecule has 4 N–H and O–H groups in total. The van der Waals surface area contributed by atoms with Crippen LogP contribution in [0.15, 0.2) is 41.4 Å². The number of rotatable bonds is 4. The van der Waals surface area contributed by atoms with Gasteiger partial charge in [0.15, 0.2) is 12.2 Å². The number of hydrogen-bond donors (Lipinski definition) is 3. The van der Waals surface area contributed by atoms with Gasteiger partial charge in [0, 0.05) is 26.0 Å². The first-order valence-electron chi connectivity index (χ1n) is 8.29. The maximum absolute atomic E-state index is 13.3. The quantitative estimate of drug-likeness (QED) is 0.432. The number of anilines is 2. The van der Waals surface area contributed by atoms with Gasteiger partial charge in [0.2, 0.25) is 0 Å². The lowest BCUT2D eigenvalue weighted by Crippen LogP contribution is -2.20. The van der Waals surface area contributed by atoms with Gasteiger partial charge in [0.25, 0.3) is 5.91 Å². The molecule has 11 heteroatoms. The van der Waals surface area contributed by atoms with E-state index in [2.05, 4.69) is 15.3 Å². The summed E-state index contributed by atoms with van der Waals surface area (Å²) in [5, 5.41) is 19.5. The van der Waals surface area contributed by atoms with Crippen LogP contribution < -0.4 is 11.1 Å². The summed E-state index contributed by atoms with van der Waals surface area (Å²) in [5.74, 6) is -0.769. The van der Waals surface area contributed by atoms with Crippen LogP contribution in [0.3, 0.4) is 0 Å². The molecule has 1 amide bonds. The molecule has 30 heavy (non-hydrogen) atoms. The van der Waals surface area contributed by atoms with Gasteiger partial charge in [-0.25, -0.2) is 9.97 Å². The Labute approximate surface area is 170 Å². The van der Waals surface area contributed by atoms with Crippen LogP contribution in [0.5, 0.6) is 0 Å². The van der Waals surface area contributed by atoms with E-state index in [0.717, 1.165) is 13.3 Å². The highest BCUT2D eigenvalue weighted by Crippen LogP contribution is 2.35. The van der Waals surface area contributed by atoms with E-state index in [0.29, 0.717) is 6.20 Å². The Morgan fingerprint density at radius 1 is 1.37 bits per heavy atom. The summed E-state index contributed by atoms with van der Waals surface area (Å²) in [6.45, 7) is 1.07. The van der Waals surface area contributed by atoms with E-state index in [1.807, 2.05) is 0 Å². The van der Waals surface area contributed by atoms with E-state index in [-0.39, 0.29) is 31.3 Å². The van der Waals surface area contributed by atoms with Crippen molar-refractivity contribution < 1.29 is 25.2 Å². The molecule has 3 rings (SSSR count). The van der Waals surface area contributed by atoms with E-state index in [1.54, 1.807) is 0 Å². The molecule has 0 unspecified atom stereocenters. The number of nitrogen functional groups attached to an aromatic ring is 1. The van der Waals surface area contributed by atoms with Crippen LogP contribution in [0.25, 0.3) is 0 Å². The van der Waals surface area contributed by atoms with Crippen LogP contribution in [0.2, 0.25) is 0 Å². The molecule has 3 aromatic rings. The van der Waals surface area contributed by atoms with Crippen molar-refractivity contribution >= 4 is 23.0 Å². The van der Waals surface area contributed by atoms with Crippen LogP contribution in [0.1, 0.15) is 41.4 Å². The van der Waals surface area contributed by atoms with Gasteiger partial charge < -0.3 is 15.5 Å². The van der Waals surface area contributed by atoms with Crippen molar-refractivity contribution in [2.75, 3.05) is 11.1 Å². The number of hydrogen-bond acceptors (Lipinski definition) is 7. The molecule has 0 bridgehead atoms. The Kier molecular flexibility index (Phi) is 5.25. The molecular weight excluding hydrogens is 401 g/mol. The zero-order valence-electron chi connectivity index (χ0n) is 15.3. The van der Waals surface area contributed by atoms with E-state index in [4.69, 9.17) is 20.8 Å². The number of alkyl halides is 3. The lowest BCUT2D eigenvalue weighted by molar-refractivity contribution is -0.138. The second-order valence-electron chi connectivity index (χ2n) is 6.13. The van der Waals surface area contributed by atoms with Gasteiger partial charge in [0.05, 0.1) is 17.3 Å². The number of nitriles is 1. The number of nitrogens with two attached hydrogens (primary N) is 1. The van der Waals surface area contributed by atoms with Gasteiger partial charge in [-0.3, -0.25) is 10.2 Å². The molecular formula is C19H17F3N6O2. The van der Waals surface area contributed by atoms with E-state index >= 15 is 0 Å². The molecule has 0 fully saturated rings. The number of carbonyl (C=O) groups excluding carboxylic acids is 1. The molecule has 8 nitrogen and oxygen atoms in total. The highest BCUT2D eigenvalue weighted by molar-refractivity contribution is 6.13. The highest BCUT2D eigenvalue weighted by Gasteiger charge is 2.37. The number of carbonyl (C=O) groups is 1. The second-order valence-corrected chi connectivity index (χ2v) is 6.13. The number of nitrogens with zero attached hydrogens (tertiary/aromatic N) is 3. The first-order chi connectivity index (χ1) is 14.1. The number of benzene rings is 1. The fourth-order valence-electron chi connectivity index (χ4n) is 2.80. The summed E-state index contributed by atoms with van der Waals surface area (Å²) < 4.78 is 45.0. The van der Waals surface area contributed by atoms with Gasteiger partial charge >= 0.3 is 6.18 Å². The Bertz CT molecular complexity index is 1190. The molecule has 0 aliphatic heterocycles. The summed E-state index contributed by atoms with van der Waals surface area (Å²) in [5.41, 5.74) is 3.58. The van der Waals surface area contributed by atoms with Crippen molar-refractivity contribution in [1.29, 1.82) is 10.7 Å². The van der Waals surface area contributed by atoms with Crippen molar-refractivity contribution in [2.45, 2.75) is 13.1 Å². The molecule has 0 saturated heterocycles. The minimum Gasteiger partial charge on any atom is -0.442 e. The van der Waals surface area contributed by atoms with Crippen molar-refractivity contribution in [2.24, 2.45) is 0 Å². The summed E-state index contributed by atoms with van der Waals surface area (Å²) in [4.78, 5) is 20.0. The normalized spacial score (nSPS) is 11.0. The number of oxazole rings is 1. The third-order valence-corrected chi connectivity index (χ3v) is 4.20. The van der Waals surface area contributed by atoms with Crippen molar-refractivity contribution in [3.63, 3.8) is 0 Å². The van der Waals surface area contributed by atoms with Gasteiger partial charge in [-0.05, 0) is 30.7 Å². The van der Waals surface area contributed by atoms with E-state index in [9.17, 15) is 18.0 Å². The van der Waals surface area contributed by atoms with Crippen molar-refractivity contribution in [1.82, 2.24) is 9.97 Å². The molecule has 2 aromatic heterocycles. The second kappa shape index (κ2) is 7.67. The molecule has 0 atom stereocenters.